The van der Waals surface area contributed by atoms with Crippen molar-refractivity contribution in [2.24, 2.45) is 0 Å². The summed E-state index contributed by atoms with van der Waals surface area (Å²) in [4.78, 5) is 0. The van der Waals surface area contributed by atoms with E-state index in [0.29, 0.717) is 0 Å². The van der Waals surface area contributed by atoms with E-state index in [-0.39, 0.29) is 52.6 Å². The SMILES string of the molecule is C[SiH](C)CCCCCCCCCB(P)I.C[Si](C)(Cl)CCCCCCCCCB(P)I.F.[3HH].[AlH3].[H-].[Li+]. The van der Waals surface area contributed by atoms with Crippen LogP contribution in [0.25, 0.3) is 0 Å². The third-order valence-corrected chi connectivity index (χ3v) is 11.1. The Hall–Kier alpha value is 4.23. The Balaban J connectivity index is -0.0000000822. The van der Waals surface area contributed by atoms with E-state index >= 15 is 0 Å². The monoisotopic (exact) mass is 808 g/mol. The molecule has 0 aliphatic heterocycles. The summed E-state index contributed by atoms with van der Waals surface area (Å²) < 4.78 is 1.56. The van der Waals surface area contributed by atoms with E-state index in [4.69, 9.17) is 11.1 Å². The summed E-state index contributed by atoms with van der Waals surface area (Å²) in [5.41, 5.74) is 0. The fourth-order valence-electron chi connectivity index (χ4n) is 3.54. The van der Waals surface area contributed by atoms with Gasteiger partial charge >= 0.3 is 18.9 Å². The fraction of sp³-hybridized carbons (Fsp3) is 1.00. The van der Waals surface area contributed by atoms with Crippen LogP contribution in [0.2, 0.25) is 50.9 Å². The molecule has 0 saturated carbocycles. The molecule has 0 aliphatic rings. The maximum absolute atomic E-state index is 6.28. The molecule has 0 saturated heterocycles. The van der Waals surface area contributed by atoms with Crippen molar-refractivity contribution in [1.29, 1.82) is 0 Å². The first-order valence-corrected chi connectivity index (χ1v) is 24.2. The van der Waals surface area contributed by atoms with Crippen LogP contribution in [-0.4, -0.2) is 42.1 Å². The molecule has 0 spiro atoms. The minimum Gasteiger partial charge on any atom is -1.00 e. The van der Waals surface area contributed by atoms with Gasteiger partial charge in [-0.25, -0.2) is 0 Å². The molecule has 0 aliphatic carbocycles. The fourth-order valence-corrected chi connectivity index (χ4v) is 7.49. The molecule has 34 heavy (non-hydrogen) atoms. The summed E-state index contributed by atoms with van der Waals surface area (Å²) in [6.07, 6.45) is 22.9. The van der Waals surface area contributed by atoms with Gasteiger partial charge in [0.25, 0.3) is 0 Å². The molecule has 0 nitrogen and oxygen atoms in total. The second-order valence-electron chi connectivity index (χ2n) is 10.2. The first-order chi connectivity index (χ1) is 14.5. The molecule has 0 bridgehead atoms. The second kappa shape index (κ2) is 35.3. The number of hydrogen-bond acceptors (Lipinski definition) is 0. The van der Waals surface area contributed by atoms with Gasteiger partial charge in [0.05, 0.1) is 0 Å². The molecule has 2 unspecified atom stereocenters. The third kappa shape index (κ3) is 52.6. The van der Waals surface area contributed by atoms with Gasteiger partial charge in [-0.3, -0.25) is 4.70 Å². The molecule has 2 atom stereocenters. The van der Waals surface area contributed by atoms with Crippen molar-refractivity contribution in [3.63, 3.8) is 0 Å². The Morgan fingerprint density at radius 3 is 1.32 bits per heavy atom. The van der Waals surface area contributed by atoms with Crippen LogP contribution >= 0.6 is 74.1 Å². The minimum atomic E-state index is -1.28. The van der Waals surface area contributed by atoms with Gasteiger partial charge in [0.15, 0.2) is 17.4 Å². The molecule has 0 aromatic carbocycles. The Morgan fingerprint density at radius 2 is 1.03 bits per heavy atom. The summed E-state index contributed by atoms with van der Waals surface area (Å²) in [5, 5.41) is 0. The topological polar surface area (TPSA) is 0 Å². The van der Waals surface area contributed by atoms with E-state index in [1.54, 1.807) is 6.04 Å². The van der Waals surface area contributed by atoms with Gasteiger partial charge in [0.1, 0.15) is 7.38 Å². The third-order valence-electron chi connectivity index (χ3n) is 5.51. The van der Waals surface area contributed by atoms with Gasteiger partial charge in [0.2, 0.25) is 8.58 Å². The van der Waals surface area contributed by atoms with Crippen molar-refractivity contribution in [3.8, 4) is 0 Å². The van der Waals surface area contributed by atoms with Crippen molar-refractivity contribution in [2.45, 2.75) is 141 Å². The minimum absolute atomic E-state index is 0. The van der Waals surface area contributed by atoms with E-state index in [9.17, 15) is 0 Å². The largest absolute Gasteiger partial charge is 1.00 e. The summed E-state index contributed by atoms with van der Waals surface area (Å²) >= 11 is 11.3. The molecular formula is C22H60AlB2ClFI2LiP2Si2. The van der Waals surface area contributed by atoms with Gasteiger partial charge in [0, 0.05) is 10.2 Å². The van der Waals surface area contributed by atoms with Crippen LogP contribution in [0.1, 0.15) is 92.7 Å². The molecule has 12 heteroatoms. The Labute approximate surface area is 280 Å². The number of hydrogen-bond donors (Lipinski definition) is 0. The number of halogens is 4. The van der Waals surface area contributed by atoms with E-state index in [1.807, 2.05) is 0 Å². The summed E-state index contributed by atoms with van der Waals surface area (Å²) in [5.74, 6) is 0. The van der Waals surface area contributed by atoms with Crippen molar-refractivity contribution >= 4 is 116 Å². The van der Waals surface area contributed by atoms with Crippen LogP contribution in [-0.2, 0) is 0 Å². The molecule has 0 aromatic rings. The normalized spacial score (nSPS) is 10.4. The summed E-state index contributed by atoms with van der Waals surface area (Å²) in [6.45, 7) is 9.42. The van der Waals surface area contributed by atoms with Crippen LogP contribution in [0.4, 0.5) is 4.70 Å². The average molecular weight is 809 g/mol. The number of rotatable bonds is 20. The van der Waals surface area contributed by atoms with Crippen LogP contribution in [0, 0.1) is 0 Å². The number of unbranched alkanes of at least 4 members (excludes halogenated alkanes) is 12. The van der Waals surface area contributed by atoms with Gasteiger partial charge in [-0.2, -0.15) is 29.3 Å². The van der Waals surface area contributed by atoms with Crippen LogP contribution in [0.5, 0.6) is 0 Å². The predicted molar refractivity (Wildman–Crippen MR) is 201 cm³/mol. The standard InChI is InChI=1S/C11H26BClIPSi.C11H27BIPSi.Al.FH.Li.H2.4H/c1-16(2,13)11-9-7-5-3-4-6-8-10-12(14)15;1-15(2)11-9-7-5-3-4-6-8-10-12(13)14;;;;;;;;/h3-11,15H2,1-2H3;15H,3-11,14H2,1-2H3;;1H;;1H;;;;/q;;;;+1;;;;;-1/i;;;;;1+2;;;;. The van der Waals surface area contributed by atoms with Crippen LogP contribution in [0.3, 0.4) is 0 Å². The Kier molecular flexibility index (Phi) is 49.8. The quantitative estimate of drug-likeness (QED) is 0.0399. The van der Waals surface area contributed by atoms with Gasteiger partial charge in [-0.1, -0.05) is 135 Å². The zero-order chi connectivity index (χ0) is 24.0. The van der Waals surface area contributed by atoms with Crippen LogP contribution in [0.15, 0.2) is 0 Å². The zero-order valence-corrected chi connectivity index (χ0v) is 32.2. The maximum atomic E-state index is 6.28. The smallest absolute Gasteiger partial charge is 1.00 e. The van der Waals surface area contributed by atoms with Gasteiger partial charge < -0.3 is 1.43 Å². The van der Waals surface area contributed by atoms with Gasteiger partial charge in [-0.15, -0.1) is 44.7 Å². The van der Waals surface area contributed by atoms with E-state index in [0.717, 1.165) is 8.58 Å². The molecule has 0 aromatic heterocycles. The molecule has 0 radical (unpaired) electrons. The molecule has 0 fully saturated rings. The summed E-state index contributed by atoms with van der Waals surface area (Å²) in [6, 6.07) is 2.85. The van der Waals surface area contributed by atoms with Crippen molar-refractivity contribution in [3.05, 3.63) is 0 Å². The molecule has 204 valence electrons. The van der Waals surface area contributed by atoms with Crippen molar-refractivity contribution in [1.82, 2.24) is 0 Å². The molecule has 0 amide bonds. The molecule has 0 heterocycles. The molecule has 0 N–H and O–H groups in total. The molecule has 0 rings (SSSR count). The van der Waals surface area contributed by atoms with E-state index < -0.39 is 7.38 Å². The summed E-state index contributed by atoms with van der Waals surface area (Å²) in [7, 11) is 4.21. The first-order valence-electron chi connectivity index (χ1n) is 13.0. The van der Waals surface area contributed by atoms with Crippen molar-refractivity contribution < 1.29 is 26.4 Å². The van der Waals surface area contributed by atoms with E-state index in [1.165, 1.54) is 109 Å². The van der Waals surface area contributed by atoms with Crippen molar-refractivity contribution in [2.75, 3.05) is 0 Å². The average Bonchev–Trinajstić information content (AvgIpc) is 2.64. The van der Waals surface area contributed by atoms with E-state index in [2.05, 4.69) is 89.2 Å². The van der Waals surface area contributed by atoms with Gasteiger partial charge in [-0.05, 0) is 6.04 Å². The second-order valence-corrected chi connectivity index (χ2v) is 28.1. The first kappa shape index (κ1) is 48.0. The Morgan fingerprint density at radius 1 is 0.735 bits per heavy atom. The maximum Gasteiger partial charge on any atom is 1.00 e. The van der Waals surface area contributed by atoms with Crippen LogP contribution < -0.4 is 18.9 Å². The predicted octanol–water partition coefficient (Wildman–Crippen LogP) is 7.29. The Bertz CT molecular complexity index is 381. The zero-order valence-electron chi connectivity index (χ0n) is 23.7. The molecular weight excluding hydrogens is 746 g/mol.